The molecule has 1 fully saturated rings. The van der Waals surface area contributed by atoms with Gasteiger partial charge in [-0.1, -0.05) is 28.8 Å². The molecule has 1 aromatic rings. The topological polar surface area (TPSA) is 17.1 Å². The lowest BCUT2D eigenvalue weighted by molar-refractivity contribution is -0.116. The Balaban J connectivity index is 2.55. The maximum atomic E-state index is 13.8. The van der Waals surface area contributed by atoms with E-state index in [0.29, 0.717) is 18.4 Å². The highest BCUT2D eigenvalue weighted by molar-refractivity contribution is 9.10. The molecule has 0 radical (unpaired) electrons. The zero-order valence-electron chi connectivity index (χ0n) is 8.60. The van der Waals surface area contributed by atoms with Crippen molar-refractivity contribution in [1.82, 2.24) is 0 Å². The van der Waals surface area contributed by atoms with Gasteiger partial charge in [-0.2, -0.15) is 0 Å². The van der Waals surface area contributed by atoms with Gasteiger partial charge in [0.05, 0.1) is 5.41 Å². The van der Waals surface area contributed by atoms with Crippen LogP contribution in [0.1, 0.15) is 31.2 Å². The van der Waals surface area contributed by atoms with Crippen LogP contribution in [0, 0.1) is 5.82 Å². The van der Waals surface area contributed by atoms with Crippen LogP contribution in [-0.2, 0) is 10.2 Å². The molecule has 0 aliphatic heterocycles. The average Bonchev–Trinajstić information content (AvgIpc) is 2.71. The van der Waals surface area contributed by atoms with E-state index in [9.17, 15) is 9.18 Å². The summed E-state index contributed by atoms with van der Waals surface area (Å²) >= 11 is 8.97. The molecule has 2 rings (SSSR count). The summed E-state index contributed by atoms with van der Waals surface area (Å²) in [6.07, 6.45) is 3.13. The fourth-order valence-electron chi connectivity index (χ4n) is 2.41. The second kappa shape index (κ2) is 4.46. The zero-order chi connectivity index (χ0) is 11.8. The van der Waals surface area contributed by atoms with Crippen molar-refractivity contribution in [2.75, 3.05) is 0 Å². The van der Waals surface area contributed by atoms with Crippen LogP contribution >= 0.6 is 27.5 Å². The molecular formula is C12H11BrClFO. The largest absolute Gasteiger partial charge is 0.280 e. The Kier molecular flexibility index (Phi) is 3.36. The molecule has 0 unspecified atom stereocenters. The smallest absolute Gasteiger partial charge is 0.232 e. The molecule has 16 heavy (non-hydrogen) atoms. The molecule has 0 bridgehead atoms. The van der Waals surface area contributed by atoms with E-state index in [2.05, 4.69) is 15.9 Å². The summed E-state index contributed by atoms with van der Waals surface area (Å²) in [6, 6.07) is 4.67. The van der Waals surface area contributed by atoms with E-state index in [-0.39, 0.29) is 5.82 Å². The van der Waals surface area contributed by atoms with Gasteiger partial charge in [0.2, 0.25) is 5.24 Å². The minimum atomic E-state index is -0.810. The summed E-state index contributed by atoms with van der Waals surface area (Å²) < 4.78 is 14.6. The number of rotatable bonds is 2. The fourth-order valence-corrected chi connectivity index (χ4v) is 3.07. The summed E-state index contributed by atoms with van der Waals surface area (Å²) in [5.41, 5.74) is -0.380. The monoisotopic (exact) mass is 304 g/mol. The third-order valence-electron chi connectivity index (χ3n) is 3.28. The van der Waals surface area contributed by atoms with Gasteiger partial charge < -0.3 is 0 Å². The summed E-state index contributed by atoms with van der Waals surface area (Å²) in [6.45, 7) is 0. The average molecular weight is 306 g/mol. The van der Waals surface area contributed by atoms with Gasteiger partial charge in [0, 0.05) is 10.0 Å². The van der Waals surface area contributed by atoms with Crippen LogP contribution in [0.15, 0.2) is 22.7 Å². The van der Waals surface area contributed by atoms with E-state index >= 15 is 0 Å². The second-order valence-electron chi connectivity index (χ2n) is 4.19. The highest BCUT2D eigenvalue weighted by atomic mass is 79.9. The van der Waals surface area contributed by atoms with Gasteiger partial charge in [0.15, 0.2) is 0 Å². The van der Waals surface area contributed by atoms with Crippen molar-refractivity contribution in [1.29, 1.82) is 0 Å². The van der Waals surface area contributed by atoms with E-state index in [1.807, 2.05) is 0 Å². The fraction of sp³-hybridized carbons (Fsp3) is 0.417. The number of carbonyl (C=O) groups is 1. The lowest BCUT2D eigenvalue weighted by Crippen LogP contribution is -2.30. The molecule has 1 aromatic carbocycles. The van der Waals surface area contributed by atoms with Crippen molar-refractivity contribution in [2.45, 2.75) is 31.1 Å². The first-order valence-electron chi connectivity index (χ1n) is 5.22. The summed E-state index contributed by atoms with van der Waals surface area (Å²) in [5, 5.41) is -0.443. The molecule has 0 spiro atoms. The Labute approximate surface area is 107 Å². The molecule has 1 aliphatic rings. The number of hydrogen-bond acceptors (Lipinski definition) is 1. The van der Waals surface area contributed by atoms with Crippen molar-refractivity contribution in [3.63, 3.8) is 0 Å². The minimum Gasteiger partial charge on any atom is -0.280 e. The highest BCUT2D eigenvalue weighted by Gasteiger charge is 2.43. The second-order valence-corrected chi connectivity index (χ2v) is 5.45. The maximum absolute atomic E-state index is 13.8. The van der Waals surface area contributed by atoms with Crippen molar-refractivity contribution >= 4 is 32.8 Å². The van der Waals surface area contributed by atoms with Crippen molar-refractivity contribution < 1.29 is 9.18 Å². The Bertz CT molecular complexity index is 427. The molecule has 0 atom stereocenters. The number of hydrogen-bond donors (Lipinski definition) is 0. The van der Waals surface area contributed by atoms with Crippen molar-refractivity contribution in [2.24, 2.45) is 0 Å². The summed E-state index contributed by atoms with van der Waals surface area (Å²) in [5.74, 6) is -0.348. The van der Waals surface area contributed by atoms with E-state index in [4.69, 9.17) is 11.6 Å². The first-order valence-corrected chi connectivity index (χ1v) is 6.39. The van der Waals surface area contributed by atoms with Gasteiger partial charge in [-0.3, -0.25) is 4.79 Å². The summed E-state index contributed by atoms with van der Waals surface area (Å²) in [7, 11) is 0. The van der Waals surface area contributed by atoms with E-state index in [1.165, 1.54) is 6.07 Å². The molecule has 1 aliphatic carbocycles. The molecule has 1 saturated carbocycles. The van der Waals surface area contributed by atoms with Crippen molar-refractivity contribution in [3.05, 3.63) is 34.1 Å². The van der Waals surface area contributed by atoms with Crippen LogP contribution in [0.3, 0.4) is 0 Å². The van der Waals surface area contributed by atoms with Crippen LogP contribution in [0.4, 0.5) is 4.39 Å². The van der Waals surface area contributed by atoms with Gasteiger partial charge in [-0.15, -0.1) is 0 Å². The highest BCUT2D eigenvalue weighted by Crippen LogP contribution is 2.44. The van der Waals surface area contributed by atoms with Crippen LogP contribution in [0.5, 0.6) is 0 Å². The SMILES string of the molecule is O=C(Cl)C1(c2cc(Br)ccc2F)CCCC1. The lowest BCUT2D eigenvalue weighted by Gasteiger charge is -2.25. The van der Waals surface area contributed by atoms with E-state index in [0.717, 1.165) is 17.3 Å². The molecule has 86 valence electrons. The molecule has 0 aromatic heterocycles. The molecule has 0 N–H and O–H groups in total. The normalized spacial score (nSPS) is 18.7. The first kappa shape index (κ1) is 12.1. The van der Waals surface area contributed by atoms with Gasteiger partial charge in [-0.05, 0) is 42.6 Å². The Morgan fingerprint density at radius 1 is 1.38 bits per heavy atom. The van der Waals surface area contributed by atoms with E-state index < -0.39 is 10.7 Å². The Morgan fingerprint density at radius 2 is 2.00 bits per heavy atom. The molecule has 0 amide bonds. The maximum Gasteiger partial charge on any atom is 0.232 e. The molecule has 4 heteroatoms. The van der Waals surface area contributed by atoms with Gasteiger partial charge >= 0.3 is 0 Å². The van der Waals surface area contributed by atoms with Gasteiger partial charge in [0.1, 0.15) is 5.82 Å². The first-order chi connectivity index (χ1) is 7.56. The summed E-state index contributed by atoms with van der Waals surface area (Å²) in [4.78, 5) is 11.6. The van der Waals surface area contributed by atoms with E-state index in [1.54, 1.807) is 12.1 Å². The van der Waals surface area contributed by atoms with Crippen molar-refractivity contribution in [3.8, 4) is 0 Å². The molecule has 1 nitrogen and oxygen atoms in total. The third kappa shape index (κ3) is 1.91. The predicted molar refractivity (Wildman–Crippen MR) is 65.1 cm³/mol. The zero-order valence-corrected chi connectivity index (χ0v) is 10.9. The standard InChI is InChI=1S/C12H11BrClFO/c13-8-3-4-10(15)9(7-8)12(11(14)16)5-1-2-6-12/h3-4,7H,1-2,5-6H2. The van der Waals surface area contributed by atoms with Crippen LogP contribution < -0.4 is 0 Å². The molecule has 0 heterocycles. The van der Waals surface area contributed by atoms with Crippen LogP contribution in [0.2, 0.25) is 0 Å². The molecule has 0 saturated heterocycles. The predicted octanol–water partition coefficient (Wildman–Crippen LogP) is 4.17. The number of halogens is 3. The van der Waals surface area contributed by atoms with Crippen LogP contribution in [0.25, 0.3) is 0 Å². The minimum absolute atomic E-state index is 0.348. The number of benzene rings is 1. The molecular weight excluding hydrogens is 294 g/mol. The van der Waals surface area contributed by atoms with Gasteiger partial charge in [0.25, 0.3) is 0 Å². The Morgan fingerprint density at radius 3 is 2.56 bits per heavy atom. The van der Waals surface area contributed by atoms with Crippen LogP contribution in [-0.4, -0.2) is 5.24 Å². The lowest BCUT2D eigenvalue weighted by atomic mass is 9.80. The van der Waals surface area contributed by atoms with Gasteiger partial charge in [-0.25, -0.2) is 4.39 Å². The Hall–Kier alpha value is -0.410. The number of carbonyl (C=O) groups excluding carboxylic acids is 1. The quantitative estimate of drug-likeness (QED) is 0.750. The third-order valence-corrected chi connectivity index (χ3v) is 4.13.